The summed E-state index contributed by atoms with van der Waals surface area (Å²) in [5.74, 6) is -0.00111. The zero-order valence-electron chi connectivity index (χ0n) is 10.4. The summed E-state index contributed by atoms with van der Waals surface area (Å²) in [4.78, 5) is 13.9. The SMILES string of the molecule is CCCn1cc(Cl)cc1C(=O)N(C)CCCN. The lowest BCUT2D eigenvalue weighted by Gasteiger charge is -2.17. The van der Waals surface area contributed by atoms with E-state index in [-0.39, 0.29) is 5.91 Å². The number of nitrogens with zero attached hydrogens (tertiary/aromatic N) is 2. The van der Waals surface area contributed by atoms with Crippen molar-refractivity contribution in [3.05, 3.63) is 23.0 Å². The van der Waals surface area contributed by atoms with Crippen LogP contribution < -0.4 is 5.73 Å². The molecule has 0 spiro atoms. The van der Waals surface area contributed by atoms with Gasteiger partial charge < -0.3 is 15.2 Å². The molecule has 0 aliphatic carbocycles. The van der Waals surface area contributed by atoms with Crippen LogP contribution in [0.1, 0.15) is 30.3 Å². The van der Waals surface area contributed by atoms with Gasteiger partial charge in [0.15, 0.2) is 0 Å². The van der Waals surface area contributed by atoms with Crippen molar-refractivity contribution in [3.63, 3.8) is 0 Å². The second kappa shape index (κ2) is 6.67. The predicted molar refractivity (Wildman–Crippen MR) is 70.4 cm³/mol. The van der Waals surface area contributed by atoms with Crippen LogP contribution in [0, 0.1) is 0 Å². The number of carbonyl (C=O) groups excluding carboxylic acids is 1. The predicted octanol–water partition coefficient (Wildman–Crippen LogP) is 1.97. The highest BCUT2D eigenvalue weighted by Gasteiger charge is 2.16. The first kappa shape index (κ1) is 14.1. The maximum Gasteiger partial charge on any atom is 0.270 e. The van der Waals surface area contributed by atoms with Gasteiger partial charge >= 0.3 is 0 Å². The van der Waals surface area contributed by atoms with Gasteiger partial charge in [0.05, 0.1) is 5.02 Å². The lowest BCUT2D eigenvalue weighted by molar-refractivity contribution is 0.0783. The summed E-state index contributed by atoms with van der Waals surface area (Å²) < 4.78 is 1.91. The minimum atomic E-state index is -0.00111. The van der Waals surface area contributed by atoms with Crippen LogP contribution in [-0.2, 0) is 6.54 Å². The van der Waals surface area contributed by atoms with Crippen molar-refractivity contribution in [1.82, 2.24) is 9.47 Å². The zero-order chi connectivity index (χ0) is 12.8. The molecule has 96 valence electrons. The van der Waals surface area contributed by atoms with Crippen LogP contribution in [-0.4, -0.2) is 35.5 Å². The standard InChI is InChI=1S/C12H20ClN3O/c1-3-6-16-9-10(13)8-11(16)12(17)15(2)7-4-5-14/h8-9H,3-7,14H2,1-2H3. The van der Waals surface area contributed by atoms with E-state index in [2.05, 4.69) is 6.92 Å². The molecule has 0 unspecified atom stereocenters. The highest BCUT2D eigenvalue weighted by atomic mass is 35.5. The lowest BCUT2D eigenvalue weighted by atomic mass is 10.3. The number of amides is 1. The summed E-state index contributed by atoms with van der Waals surface area (Å²) in [6, 6.07) is 1.72. The van der Waals surface area contributed by atoms with Gasteiger partial charge in [-0.05, 0) is 25.5 Å². The average Bonchev–Trinajstić information content (AvgIpc) is 2.66. The van der Waals surface area contributed by atoms with Gasteiger partial charge in [0.2, 0.25) is 0 Å². The fourth-order valence-corrected chi connectivity index (χ4v) is 1.93. The monoisotopic (exact) mass is 257 g/mol. The Kier molecular flexibility index (Phi) is 5.51. The Morgan fingerprint density at radius 2 is 2.29 bits per heavy atom. The van der Waals surface area contributed by atoms with E-state index in [4.69, 9.17) is 17.3 Å². The smallest absolute Gasteiger partial charge is 0.270 e. The molecule has 0 bridgehead atoms. The lowest BCUT2D eigenvalue weighted by Crippen LogP contribution is -2.30. The second-order valence-electron chi connectivity index (χ2n) is 4.11. The van der Waals surface area contributed by atoms with Crippen molar-refractivity contribution in [2.45, 2.75) is 26.3 Å². The van der Waals surface area contributed by atoms with E-state index in [1.165, 1.54) is 0 Å². The number of aryl methyl sites for hydroxylation is 1. The summed E-state index contributed by atoms with van der Waals surface area (Å²) in [5, 5.41) is 0.606. The number of hydrogen-bond donors (Lipinski definition) is 1. The zero-order valence-corrected chi connectivity index (χ0v) is 11.2. The highest BCUT2D eigenvalue weighted by Crippen LogP contribution is 2.16. The number of rotatable bonds is 6. The first-order valence-electron chi connectivity index (χ1n) is 5.91. The van der Waals surface area contributed by atoms with E-state index in [0.29, 0.717) is 23.8 Å². The van der Waals surface area contributed by atoms with Gasteiger partial charge in [0.25, 0.3) is 5.91 Å². The van der Waals surface area contributed by atoms with E-state index in [0.717, 1.165) is 19.4 Å². The number of carbonyl (C=O) groups is 1. The third-order valence-electron chi connectivity index (χ3n) is 2.59. The third kappa shape index (κ3) is 3.75. The molecule has 1 rings (SSSR count). The largest absolute Gasteiger partial charge is 0.342 e. The molecule has 1 heterocycles. The van der Waals surface area contributed by atoms with Crippen LogP contribution in [0.2, 0.25) is 5.02 Å². The van der Waals surface area contributed by atoms with Gasteiger partial charge in [0.1, 0.15) is 5.69 Å². The van der Waals surface area contributed by atoms with E-state index in [1.54, 1.807) is 24.2 Å². The maximum absolute atomic E-state index is 12.2. The molecule has 2 N–H and O–H groups in total. The number of nitrogens with two attached hydrogens (primary N) is 1. The Hall–Kier alpha value is -1.00. The van der Waals surface area contributed by atoms with Gasteiger partial charge in [-0.3, -0.25) is 4.79 Å². The van der Waals surface area contributed by atoms with E-state index in [9.17, 15) is 4.79 Å². The minimum absolute atomic E-state index is 0.00111. The molecule has 4 nitrogen and oxygen atoms in total. The minimum Gasteiger partial charge on any atom is -0.342 e. The van der Waals surface area contributed by atoms with Gasteiger partial charge in [-0.25, -0.2) is 0 Å². The molecule has 0 atom stereocenters. The van der Waals surface area contributed by atoms with Gasteiger partial charge in [-0.1, -0.05) is 18.5 Å². The molecule has 17 heavy (non-hydrogen) atoms. The molecule has 5 heteroatoms. The molecular formula is C12H20ClN3O. The fourth-order valence-electron chi connectivity index (χ4n) is 1.71. The first-order valence-corrected chi connectivity index (χ1v) is 6.29. The maximum atomic E-state index is 12.2. The molecule has 1 aromatic rings. The molecule has 0 saturated carbocycles. The molecule has 0 aliphatic heterocycles. The van der Waals surface area contributed by atoms with E-state index in [1.807, 2.05) is 4.57 Å². The Balaban J connectivity index is 2.79. The van der Waals surface area contributed by atoms with Gasteiger partial charge in [-0.2, -0.15) is 0 Å². The fraction of sp³-hybridized carbons (Fsp3) is 0.583. The summed E-state index contributed by atoms with van der Waals surface area (Å²) in [6.07, 6.45) is 3.58. The quantitative estimate of drug-likeness (QED) is 0.847. The summed E-state index contributed by atoms with van der Waals surface area (Å²) in [7, 11) is 1.79. The molecule has 1 aromatic heterocycles. The number of halogens is 1. The van der Waals surface area contributed by atoms with Gasteiger partial charge in [-0.15, -0.1) is 0 Å². The van der Waals surface area contributed by atoms with Crippen molar-refractivity contribution in [2.24, 2.45) is 5.73 Å². The molecule has 1 amide bonds. The topological polar surface area (TPSA) is 51.3 Å². The van der Waals surface area contributed by atoms with E-state index < -0.39 is 0 Å². The molecule has 0 fully saturated rings. The number of aromatic nitrogens is 1. The van der Waals surface area contributed by atoms with Crippen molar-refractivity contribution >= 4 is 17.5 Å². The van der Waals surface area contributed by atoms with E-state index >= 15 is 0 Å². The molecule has 0 saturated heterocycles. The molecule has 0 radical (unpaired) electrons. The Morgan fingerprint density at radius 3 is 2.88 bits per heavy atom. The number of hydrogen-bond acceptors (Lipinski definition) is 2. The van der Waals surface area contributed by atoms with Crippen LogP contribution in [0.3, 0.4) is 0 Å². The summed E-state index contributed by atoms with van der Waals surface area (Å²) >= 11 is 5.94. The highest BCUT2D eigenvalue weighted by molar-refractivity contribution is 6.31. The van der Waals surface area contributed by atoms with Crippen molar-refractivity contribution in [1.29, 1.82) is 0 Å². The summed E-state index contributed by atoms with van der Waals surface area (Å²) in [6.45, 7) is 4.14. The van der Waals surface area contributed by atoms with Crippen molar-refractivity contribution < 1.29 is 4.79 Å². The second-order valence-corrected chi connectivity index (χ2v) is 4.54. The van der Waals surface area contributed by atoms with Crippen molar-refractivity contribution in [2.75, 3.05) is 20.1 Å². The first-order chi connectivity index (χ1) is 8.10. The van der Waals surface area contributed by atoms with Crippen LogP contribution in [0.25, 0.3) is 0 Å². The molecular weight excluding hydrogens is 238 g/mol. The van der Waals surface area contributed by atoms with Crippen LogP contribution in [0.4, 0.5) is 0 Å². The molecule has 0 aromatic carbocycles. The summed E-state index contributed by atoms with van der Waals surface area (Å²) in [5.41, 5.74) is 6.08. The Bertz CT molecular complexity index is 376. The Labute approximate surface area is 107 Å². The van der Waals surface area contributed by atoms with Crippen LogP contribution in [0.5, 0.6) is 0 Å². The Morgan fingerprint density at radius 1 is 1.59 bits per heavy atom. The average molecular weight is 258 g/mol. The van der Waals surface area contributed by atoms with Crippen molar-refractivity contribution in [3.8, 4) is 0 Å². The molecule has 0 aliphatic rings. The van der Waals surface area contributed by atoms with Gasteiger partial charge in [0, 0.05) is 26.3 Å². The normalized spacial score (nSPS) is 10.6. The third-order valence-corrected chi connectivity index (χ3v) is 2.80. The van der Waals surface area contributed by atoms with Crippen LogP contribution >= 0.6 is 11.6 Å². The van der Waals surface area contributed by atoms with Crippen LogP contribution in [0.15, 0.2) is 12.3 Å².